The summed E-state index contributed by atoms with van der Waals surface area (Å²) in [5.74, 6) is 1.78. The lowest BCUT2D eigenvalue weighted by atomic mass is 9.89. The predicted molar refractivity (Wildman–Crippen MR) is 119 cm³/mol. The Morgan fingerprint density at radius 3 is 2.77 bits per heavy atom. The van der Waals surface area contributed by atoms with E-state index < -0.39 is 0 Å². The summed E-state index contributed by atoms with van der Waals surface area (Å²) >= 11 is 1.39. The number of rotatable bonds is 4. The van der Waals surface area contributed by atoms with Gasteiger partial charge in [-0.15, -0.1) is 5.10 Å². The molecule has 1 N–H and O–H groups in total. The zero-order valence-corrected chi connectivity index (χ0v) is 19.0. The van der Waals surface area contributed by atoms with Gasteiger partial charge in [-0.1, -0.05) is 30.3 Å². The molecule has 0 radical (unpaired) electrons. The van der Waals surface area contributed by atoms with Crippen molar-refractivity contribution >= 4 is 11.3 Å². The lowest BCUT2D eigenvalue weighted by Crippen LogP contribution is -2.49. The molecule has 1 aliphatic carbocycles. The monoisotopic (exact) mass is 437 g/mol. The maximum Gasteiger partial charge on any atom is 0.294 e. The first kappa shape index (κ1) is 19.3. The van der Waals surface area contributed by atoms with Gasteiger partial charge in [0.2, 0.25) is 0 Å². The molecule has 6 rings (SSSR count). The normalized spacial score (nSPS) is 34.0. The number of benzene rings is 1. The Kier molecular flexibility index (Phi) is 4.05. The molecule has 2 saturated heterocycles. The summed E-state index contributed by atoms with van der Waals surface area (Å²) < 4.78 is 8.04. The van der Waals surface area contributed by atoms with Crippen LogP contribution in [0, 0.1) is 24.2 Å². The summed E-state index contributed by atoms with van der Waals surface area (Å²) in [5.41, 5.74) is 2.84. The molecule has 2 aliphatic heterocycles. The summed E-state index contributed by atoms with van der Waals surface area (Å²) in [7, 11) is 2.27. The summed E-state index contributed by atoms with van der Waals surface area (Å²) in [5, 5.41) is 24.8. The van der Waals surface area contributed by atoms with Crippen LogP contribution in [0.5, 0.6) is 10.9 Å². The predicted octanol–water partition coefficient (Wildman–Crippen LogP) is 3.90. The third-order valence-electron chi connectivity index (χ3n) is 8.14. The van der Waals surface area contributed by atoms with Crippen molar-refractivity contribution in [1.29, 1.82) is 0 Å². The van der Waals surface area contributed by atoms with Crippen LogP contribution >= 0.6 is 11.3 Å². The van der Waals surface area contributed by atoms with Crippen LogP contribution < -0.4 is 4.74 Å². The molecule has 2 aromatic heterocycles. The van der Waals surface area contributed by atoms with Gasteiger partial charge in [0.05, 0.1) is 16.9 Å². The quantitative estimate of drug-likeness (QED) is 0.667. The average Bonchev–Trinajstić information content (AvgIpc) is 3.12. The molecule has 1 aromatic carbocycles. The maximum atomic E-state index is 10.6. The van der Waals surface area contributed by atoms with Crippen LogP contribution in [0.3, 0.4) is 0 Å². The van der Waals surface area contributed by atoms with E-state index in [2.05, 4.69) is 41.1 Å². The maximum absolute atomic E-state index is 10.6. The first-order valence-electron chi connectivity index (χ1n) is 10.9. The first-order chi connectivity index (χ1) is 14.9. The molecule has 1 saturated carbocycles. The van der Waals surface area contributed by atoms with Gasteiger partial charge >= 0.3 is 0 Å². The summed E-state index contributed by atoms with van der Waals surface area (Å²) in [4.78, 5) is 2.58. The second-order valence-electron chi connectivity index (χ2n) is 9.62. The lowest BCUT2D eigenvalue weighted by Gasteiger charge is -2.41. The van der Waals surface area contributed by atoms with E-state index in [1.165, 1.54) is 11.3 Å². The van der Waals surface area contributed by atoms with Gasteiger partial charge < -0.3 is 9.84 Å². The van der Waals surface area contributed by atoms with E-state index in [-0.39, 0.29) is 11.9 Å². The fourth-order valence-corrected chi connectivity index (χ4v) is 7.14. The molecule has 3 aliphatic rings. The highest BCUT2D eigenvalue weighted by Gasteiger charge is 2.73. The van der Waals surface area contributed by atoms with Crippen LogP contribution in [-0.2, 0) is 0 Å². The number of fused-ring (bicyclic) bond motifs is 5. The summed E-state index contributed by atoms with van der Waals surface area (Å²) in [6, 6.07) is 8.61. The van der Waals surface area contributed by atoms with Gasteiger partial charge in [0.1, 0.15) is 11.9 Å². The minimum atomic E-state index is 0.160. The third kappa shape index (κ3) is 2.77. The fraction of sp³-hybridized carbons (Fsp3) is 0.522. The molecule has 3 fully saturated rings. The van der Waals surface area contributed by atoms with E-state index in [0.717, 1.165) is 36.1 Å². The van der Waals surface area contributed by atoms with Gasteiger partial charge in [0, 0.05) is 37.2 Å². The Balaban J connectivity index is 1.18. The highest BCUT2D eigenvalue weighted by Crippen LogP contribution is 2.71. The standard InChI is InChI=1S/C23H27N5O2S/c1-12-7-8-28(26-12)14-5-6-16(18(29)9-14)21-24-25-22(31-21)30-15-10-17-20-13(2)23(20,3)19(11-15)27(17)4/h5-9,13,15,17,19-20,29H,10-11H2,1-4H3. The number of aromatic hydroxyl groups is 1. The number of phenols is 1. The number of piperidine rings is 2. The molecule has 4 heterocycles. The van der Waals surface area contributed by atoms with Gasteiger partial charge in [-0.25, -0.2) is 4.68 Å². The van der Waals surface area contributed by atoms with E-state index >= 15 is 0 Å². The van der Waals surface area contributed by atoms with Crippen LogP contribution in [0.25, 0.3) is 16.3 Å². The SMILES string of the molecule is Cc1ccn(-c2ccc(-c3nnc(OC4CC5C6C(C)C6(C)C(C4)N5C)s3)c(O)c2)n1. The molecule has 8 heteroatoms. The molecule has 6 unspecified atom stereocenters. The van der Waals surface area contributed by atoms with Crippen molar-refractivity contribution in [3.63, 3.8) is 0 Å². The van der Waals surface area contributed by atoms with Gasteiger partial charge in [0.15, 0.2) is 5.01 Å². The minimum absolute atomic E-state index is 0.160. The van der Waals surface area contributed by atoms with Crippen molar-refractivity contribution in [1.82, 2.24) is 24.9 Å². The Morgan fingerprint density at radius 2 is 2.06 bits per heavy atom. The number of hydrogen-bond acceptors (Lipinski definition) is 7. The Morgan fingerprint density at radius 1 is 1.23 bits per heavy atom. The van der Waals surface area contributed by atoms with Gasteiger partial charge in [-0.05, 0) is 49.4 Å². The van der Waals surface area contributed by atoms with Crippen LogP contribution in [0.4, 0.5) is 0 Å². The smallest absolute Gasteiger partial charge is 0.294 e. The molecule has 3 aromatic rings. The lowest BCUT2D eigenvalue weighted by molar-refractivity contribution is 0.0294. The van der Waals surface area contributed by atoms with E-state index in [9.17, 15) is 5.11 Å². The second-order valence-corrected chi connectivity index (χ2v) is 10.6. The van der Waals surface area contributed by atoms with Gasteiger partial charge in [-0.3, -0.25) is 4.90 Å². The van der Waals surface area contributed by atoms with Crippen molar-refractivity contribution in [2.75, 3.05) is 7.05 Å². The summed E-state index contributed by atoms with van der Waals surface area (Å²) in [6.07, 6.45) is 4.15. The zero-order valence-electron chi connectivity index (χ0n) is 18.2. The van der Waals surface area contributed by atoms with E-state index in [0.29, 0.717) is 33.3 Å². The molecule has 6 atom stereocenters. The van der Waals surface area contributed by atoms with Crippen molar-refractivity contribution < 1.29 is 9.84 Å². The molecule has 2 bridgehead atoms. The van der Waals surface area contributed by atoms with Crippen molar-refractivity contribution in [2.45, 2.75) is 51.8 Å². The number of aromatic nitrogens is 4. The Bertz CT molecular complexity index is 1160. The first-order valence-corrected chi connectivity index (χ1v) is 11.8. The molecular weight excluding hydrogens is 410 g/mol. The van der Waals surface area contributed by atoms with Crippen molar-refractivity contribution in [3.05, 3.63) is 36.2 Å². The molecule has 162 valence electrons. The fourth-order valence-electron chi connectivity index (χ4n) is 6.35. The third-order valence-corrected chi connectivity index (χ3v) is 8.99. The minimum Gasteiger partial charge on any atom is -0.507 e. The van der Waals surface area contributed by atoms with Gasteiger partial charge in [-0.2, -0.15) is 5.10 Å². The zero-order chi connectivity index (χ0) is 21.5. The molecule has 7 nitrogen and oxygen atoms in total. The molecule has 31 heavy (non-hydrogen) atoms. The number of phenolic OH excluding ortho intramolecular Hbond substituents is 1. The van der Waals surface area contributed by atoms with E-state index in [1.807, 2.05) is 31.3 Å². The number of nitrogens with zero attached hydrogens (tertiary/aromatic N) is 5. The average molecular weight is 438 g/mol. The second kappa shape index (κ2) is 6.53. The van der Waals surface area contributed by atoms with Crippen LogP contribution in [0.1, 0.15) is 32.4 Å². The molecular formula is C23H27N5O2S. The molecule has 0 amide bonds. The summed E-state index contributed by atoms with van der Waals surface area (Å²) in [6.45, 7) is 6.79. The van der Waals surface area contributed by atoms with Gasteiger partial charge in [0.25, 0.3) is 5.19 Å². The Hall–Kier alpha value is -2.45. The van der Waals surface area contributed by atoms with E-state index in [1.54, 1.807) is 10.7 Å². The van der Waals surface area contributed by atoms with Crippen molar-refractivity contribution in [3.8, 4) is 27.2 Å². The topological polar surface area (TPSA) is 76.3 Å². The highest BCUT2D eigenvalue weighted by molar-refractivity contribution is 7.16. The largest absolute Gasteiger partial charge is 0.507 e. The van der Waals surface area contributed by atoms with Crippen LogP contribution in [-0.4, -0.2) is 55.2 Å². The highest BCUT2D eigenvalue weighted by atomic mass is 32.1. The number of hydrogen-bond donors (Lipinski definition) is 1. The van der Waals surface area contributed by atoms with Crippen LogP contribution in [0.2, 0.25) is 0 Å². The molecule has 0 spiro atoms. The number of ether oxygens (including phenoxy) is 1. The number of aryl methyl sites for hydroxylation is 1. The van der Waals surface area contributed by atoms with Crippen molar-refractivity contribution in [2.24, 2.45) is 17.3 Å². The van der Waals surface area contributed by atoms with Crippen LogP contribution in [0.15, 0.2) is 30.5 Å². The van der Waals surface area contributed by atoms with E-state index in [4.69, 9.17) is 4.74 Å². The Labute approximate surface area is 185 Å².